The number of aromatic nitrogens is 2. The first-order chi connectivity index (χ1) is 10.0. The Morgan fingerprint density at radius 2 is 2.05 bits per heavy atom. The van der Waals surface area contributed by atoms with Crippen LogP contribution in [0.3, 0.4) is 0 Å². The largest absolute Gasteiger partial charge is 0.383 e. The van der Waals surface area contributed by atoms with Crippen molar-refractivity contribution in [3.05, 3.63) is 42.5 Å². The Balaban J connectivity index is 2.09. The van der Waals surface area contributed by atoms with Crippen molar-refractivity contribution >= 4 is 15.7 Å². The molecule has 0 atom stereocenters. The number of benzene rings is 1. The number of imidazole rings is 1. The Hall–Kier alpha value is -1.86. The highest BCUT2D eigenvalue weighted by molar-refractivity contribution is 7.89. The molecule has 2 aromatic rings. The van der Waals surface area contributed by atoms with Crippen LogP contribution in [0.2, 0.25) is 0 Å². The molecule has 0 unspecified atom stereocenters. The molecular weight excluding hydrogens is 288 g/mol. The van der Waals surface area contributed by atoms with E-state index in [1.807, 2.05) is 23.9 Å². The standard InChI is InChI=1S/C14H20N4O2S/c1-3-17-21(19,20)13-7-5-4-6-12(13)15-9-8-14-16-10-11-18(14)2/h4-7,10-11,15,17H,3,8-9H2,1-2H3. The SMILES string of the molecule is CCNS(=O)(=O)c1ccccc1NCCc1nccn1C. The van der Waals surface area contributed by atoms with Gasteiger partial charge in [-0.1, -0.05) is 19.1 Å². The average molecular weight is 308 g/mol. The summed E-state index contributed by atoms with van der Waals surface area (Å²) in [7, 11) is -1.53. The Kier molecular flexibility index (Phi) is 4.98. The maximum atomic E-state index is 12.1. The molecule has 6 nitrogen and oxygen atoms in total. The third kappa shape index (κ3) is 3.83. The van der Waals surface area contributed by atoms with Crippen LogP contribution in [-0.4, -0.2) is 31.1 Å². The van der Waals surface area contributed by atoms with Crippen molar-refractivity contribution in [2.45, 2.75) is 18.2 Å². The average Bonchev–Trinajstić information content (AvgIpc) is 2.85. The van der Waals surface area contributed by atoms with Crippen LogP contribution >= 0.6 is 0 Å². The molecule has 0 bridgehead atoms. The van der Waals surface area contributed by atoms with Crippen LogP contribution in [0.25, 0.3) is 0 Å². The van der Waals surface area contributed by atoms with E-state index in [2.05, 4.69) is 15.0 Å². The third-order valence-corrected chi connectivity index (χ3v) is 4.70. The minimum Gasteiger partial charge on any atom is -0.383 e. The molecule has 1 heterocycles. The minimum atomic E-state index is -3.47. The van der Waals surface area contributed by atoms with Crippen LogP contribution in [-0.2, 0) is 23.5 Å². The lowest BCUT2D eigenvalue weighted by Crippen LogP contribution is -2.24. The van der Waals surface area contributed by atoms with E-state index in [-0.39, 0.29) is 4.90 Å². The van der Waals surface area contributed by atoms with E-state index in [9.17, 15) is 8.42 Å². The molecular formula is C14H20N4O2S. The number of nitrogens with zero attached hydrogens (tertiary/aromatic N) is 2. The summed E-state index contributed by atoms with van der Waals surface area (Å²) in [5.41, 5.74) is 0.604. The van der Waals surface area contributed by atoms with E-state index in [4.69, 9.17) is 0 Å². The fourth-order valence-corrected chi connectivity index (χ4v) is 3.28. The summed E-state index contributed by atoms with van der Waals surface area (Å²) in [5, 5.41) is 3.17. The molecule has 0 aliphatic rings. The second-order valence-corrected chi connectivity index (χ2v) is 6.36. The number of sulfonamides is 1. The summed E-state index contributed by atoms with van der Waals surface area (Å²) >= 11 is 0. The number of aryl methyl sites for hydroxylation is 1. The maximum Gasteiger partial charge on any atom is 0.242 e. The number of anilines is 1. The zero-order chi connectivity index (χ0) is 15.3. The number of nitrogens with one attached hydrogen (secondary N) is 2. The van der Waals surface area contributed by atoms with Crippen LogP contribution in [0.1, 0.15) is 12.7 Å². The van der Waals surface area contributed by atoms with Gasteiger partial charge in [0.1, 0.15) is 10.7 Å². The van der Waals surface area contributed by atoms with E-state index in [1.165, 1.54) is 0 Å². The molecule has 0 saturated carbocycles. The monoisotopic (exact) mass is 308 g/mol. The van der Waals surface area contributed by atoms with Gasteiger partial charge in [-0.15, -0.1) is 0 Å². The van der Waals surface area contributed by atoms with Crippen molar-refractivity contribution in [2.24, 2.45) is 7.05 Å². The predicted molar refractivity (Wildman–Crippen MR) is 82.7 cm³/mol. The Morgan fingerprint density at radius 3 is 2.71 bits per heavy atom. The van der Waals surface area contributed by atoms with Gasteiger partial charge in [0.25, 0.3) is 0 Å². The first-order valence-corrected chi connectivity index (χ1v) is 8.31. The summed E-state index contributed by atoms with van der Waals surface area (Å²) in [6.45, 7) is 2.74. The van der Waals surface area contributed by atoms with Gasteiger partial charge in [-0.05, 0) is 12.1 Å². The number of rotatable bonds is 7. The van der Waals surface area contributed by atoms with Gasteiger partial charge in [0, 0.05) is 39.0 Å². The molecule has 1 aromatic carbocycles. The summed E-state index contributed by atoms with van der Waals surface area (Å²) in [6, 6.07) is 6.89. The number of hydrogen-bond donors (Lipinski definition) is 2. The summed E-state index contributed by atoms with van der Waals surface area (Å²) < 4.78 is 28.7. The van der Waals surface area contributed by atoms with E-state index < -0.39 is 10.0 Å². The molecule has 0 aliphatic heterocycles. The maximum absolute atomic E-state index is 12.1. The zero-order valence-corrected chi connectivity index (χ0v) is 13.0. The molecule has 0 fully saturated rings. The number of para-hydroxylation sites is 1. The van der Waals surface area contributed by atoms with Crippen molar-refractivity contribution in [3.8, 4) is 0 Å². The Morgan fingerprint density at radius 1 is 1.29 bits per heavy atom. The van der Waals surface area contributed by atoms with Gasteiger partial charge >= 0.3 is 0 Å². The molecule has 0 aliphatic carbocycles. The Bertz CT molecular complexity index is 695. The highest BCUT2D eigenvalue weighted by Crippen LogP contribution is 2.20. The first-order valence-electron chi connectivity index (χ1n) is 6.83. The Labute approximate surface area is 125 Å². The molecule has 2 rings (SSSR count). The highest BCUT2D eigenvalue weighted by Gasteiger charge is 2.16. The molecule has 2 N–H and O–H groups in total. The molecule has 0 radical (unpaired) electrons. The van der Waals surface area contributed by atoms with Crippen LogP contribution in [0.15, 0.2) is 41.6 Å². The van der Waals surface area contributed by atoms with Crippen molar-refractivity contribution in [2.75, 3.05) is 18.4 Å². The van der Waals surface area contributed by atoms with Gasteiger partial charge in [0.2, 0.25) is 10.0 Å². The molecule has 7 heteroatoms. The van der Waals surface area contributed by atoms with Gasteiger partial charge in [-0.3, -0.25) is 0 Å². The van der Waals surface area contributed by atoms with E-state index in [0.717, 1.165) is 12.2 Å². The normalized spacial score (nSPS) is 11.5. The number of hydrogen-bond acceptors (Lipinski definition) is 4. The molecule has 0 amide bonds. The van der Waals surface area contributed by atoms with Gasteiger partial charge < -0.3 is 9.88 Å². The predicted octanol–water partition coefficient (Wildman–Crippen LogP) is 1.37. The van der Waals surface area contributed by atoms with Crippen LogP contribution < -0.4 is 10.0 Å². The minimum absolute atomic E-state index is 0.270. The van der Waals surface area contributed by atoms with Crippen LogP contribution in [0.4, 0.5) is 5.69 Å². The second-order valence-electron chi connectivity index (χ2n) is 4.63. The van der Waals surface area contributed by atoms with Crippen molar-refractivity contribution in [1.29, 1.82) is 0 Å². The van der Waals surface area contributed by atoms with Gasteiger partial charge in [0.05, 0.1) is 5.69 Å². The van der Waals surface area contributed by atoms with Gasteiger partial charge in [-0.25, -0.2) is 18.1 Å². The van der Waals surface area contributed by atoms with Crippen molar-refractivity contribution in [3.63, 3.8) is 0 Å². The fraction of sp³-hybridized carbons (Fsp3) is 0.357. The lowest BCUT2D eigenvalue weighted by Gasteiger charge is -2.12. The summed E-state index contributed by atoms with van der Waals surface area (Å²) in [5.74, 6) is 0.953. The van der Waals surface area contributed by atoms with E-state index >= 15 is 0 Å². The lowest BCUT2D eigenvalue weighted by atomic mass is 10.3. The topological polar surface area (TPSA) is 76.0 Å². The van der Waals surface area contributed by atoms with Crippen LogP contribution in [0, 0.1) is 0 Å². The summed E-state index contributed by atoms with van der Waals surface area (Å²) in [4.78, 5) is 4.51. The third-order valence-electron chi connectivity index (χ3n) is 3.10. The first kappa shape index (κ1) is 15.5. The highest BCUT2D eigenvalue weighted by atomic mass is 32.2. The van der Waals surface area contributed by atoms with Crippen molar-refractivity contribution in [1.82, 2.24) is 14.3 Å². The smallest absolute Gasteiger partial charge is 0.242 e. The molecule has 114 valence electrons. The lowest BCUT2D eigenvalue weighted by molar-refractivity contribution is 0.584. The van der Waals surface area contributed by atoms with E-state index in [0.29, 0.717) is 18.8 Å². The molecule has 0 saturated heterocycles. The summed E-state index contributed by atoms with van der Waals surface area (Å²) in [6.07, 6.45) is 4.36. The van der Waals surface area contributed by atoms with Crippen molar-refractivity contribution < 1.29 is 8.42 Å². The van der Waals surface area contributed by atoms with Gasteiger partial charge in [0.15, 0.2) is 0 Å². The van der Waals surface area contributed by atoms with Crippen LogP contribution in [0.5, 0.6) is 0 Å². The molecule has 1 aromatic heterocycles. The molecule has 0 spiro atoms. The fourth-order valence-electron chi connectivity index (χ4n) is 2.06. The second kappa shape index (κ2) is 6.73. The zero-order valence-electron chi connectivity index (χ0n) is 12.2. The van der Waals surface area contributed by atoms with Gasteiger partial charge in [-0.2, -0.15) is 0 Å². The quantitative estimate of drug-likeness (QED) is 0.810. The molecule has 21 heavy (non-hydrogen) atoms. The van der Waals surface area contributed by atoms with E-state index in [1.54, 1.807) is 31.3 Å².